The monoisotopic (exact) mass is 88.1 g/mol. The Hall–Kier alpha value is -0.0800. The summed E-state index contributed by atoms with van der Waals surface area (Å²) in [5, 5.41) is 3.02. The quantitative estimate of drug-likeness (QED) is 0.435. The summed E-state index contributed by atoms with van der Waals surface area (Å²) >= 11 is 0. The molecule has 0 aromatic carbocycles. The minimum Gasteiger partial charge on any atom is -0.379 e. The first-order chi connectivity index (χ1) is 3.39. The number of hydrogen-bond donors (Lipinski definition) is 1. The molecular weight excluding hydrogens is 78.0 g/mol. The SMILES string of the molecule is [2H]C1CNCCO1. The van der Waals surface area contributed by atoms with Crippen LogP contribution in [0.25, 0.3) is 0 Å². The molecule has 1 unspecified atom stereocenters. The Morgan fingerprint density at radius 1 is 1.67 bits per heavy atom. The third kappa shape index (κ3) is 0.954. The Kier molecular flexibility index (Phi) is 1.08. The van der Waals surface area contributed by atoms with Crippen molar-refractivity contribution < 1.29 is 6.11 Å². The van der Waals surface area contributed by atoms with E-state index in [9.17, 15) is 0 Å². The minimum absolute atomic E-state index is 0.325. The summed E-state index contributed by atoms with van der Waals surface area (Å²) < 4.78 is 11.9. The zero-order valence-corrected chi connectivity index (χ0v) is 3.61. The fourth-order valence-electron chi connectivity index (χ4n) is 0.434. The van der Waals surface area contributed by atoms with E-state index < -0.39 is 0 Å². The Balaban J connectivity index is 2.12. The van der Waals surface area contributed by atoms with Gasteiger partial charge in [-0.3, -0.25) is 0 Å². The summed E-state index contributed by atoms with van der Waals surface area (Å²) in [6.45, 7) is 1.94. The number of ether oxygens (including phenoxy) is 1. The Bertz CT molecular complexity index is 53.7. The summed E-state index contributed by atoms with van der Waals surface area (Å²) in [6, 6.07) is 0. The Morgan fingerprint density at radius 2 is 2.67 bits per heavy atom. The van der Waals surface area contributed by atoms with E-state index in [-0.39, 0.29) is 6.58 Å². The van der Waals surface area contributed by atoms with E-state index >= 15 is 0 Å². The second-order valence-electron chi connectivity index (χ2n) is 1.24. The van der Waals surface area contributed by atoms with Gasteiger partial charge in [0, 0.05) is 13.1 Å². The zero-order valence-electron chi connectivity index (χ0n) is 4.61. The molecule has 1 aliphatic heterocycles. The molecule has 1 atom stereocenters. The van der Waals surface area contributed by atoms with Gasteiger partial charge >= 0.3 is 0 Å². The maximum absolute atomic E-state index is 6.99. The third-order valence-electron chi connectivity index (χ3n) is 0.742. The maximum atomic E-state index is 6.99. The average molecular weight is 88.1 g/mol. The number of nitrogens with one attached hydrogen (secondary N) is 1. The van der Waals surface area contributed by atoms with E-state index in [0.29, 0.717) is 13.2 Å². The first kappa shape index (κ1) is 2.99. The smallest absolute Gasteiger partial charge is 0.0591 e. The molecule has 1 heterocycles. The Morgan fingerprint density at radius 3 is 3.00 bits per heavy atom. The summed E-state index contributed by atoms with van der Waals surface area (Å²) in [7, 11) is 0. The van der Waals surface area contributed by atoms with E-state index in [0.717, 1.165) is 6.54 Å². The normalized spacial score (nSPS) is 38.7. The van der Waals surface area contributed by atoms with Crippen molar-refractivity contribution in [1.29, 1.82) is 0 Å². The standard InChI is InChI=1S/C4H9NO/c1-3-6-4-2-5-1/h5H,1-4H2/i3D. The molecule has 2 nitrogen and oxygen atoms in total. The van der Waals surface area contributed by atoms with Crippen LogP contribution in [0, 0.1) is 0 Å². The van der Waals surface area contributed by atoms with E-state index in [1.165, 1.54) is 0 Å². The molecule has 1 fully saturated rings. The van der Waals surface area contributed by atoms with E-state index in [1.807, 2.05) is 0 Å². The van der Waals surface area contributed by atoms with Crippen molar-refractivity contribution in [2.24, 2.45) is 0 Å². The lowest BCUT2D eigenvalue weighted by Crippen LogP contribution is -2.30. The van der Waals surface area contributed by atoms with Crippen molar-refractivity contribution >= 4 is 0 Å². The van der Waals surface area contributed by atoms with Gasteiger partial charge in [-0.25, -0.2) is 0 Å². The van der Waals surface area contributed by atoms with Crippen LogP contribution in [-0.4, -0.2) is 26.3 Å². The third-order valence-corrected chi connectivity index (χ3v) is 0.742. The minimum atomic E-state index is -0.325. The molecule has 1 aliphatic rings. The summed E-state index contributed by atoms with van der Waals surface area (Å²) in [6.07, 6.45) is 0. The van der Waals surface area contributed by atoms with Gasteiger partial charge in [0.1, 0.15) is 0 Å². The number of hydrogen-bond acceptors (Lipinski definition) is 2. The highest BCUT2D eigenvalue weighted by molar-refractivity contribution is 4.49. The van der Waals surface area contributed by atoms with Crippen LogP contribution in [0.5, 0.6) is 0 Å². The van der Waals surface area contributed by atoms with Crippen molar-refractivity contribution in [3.8, 4) is 0 Å². The van der Waals surface area contributed by atoms with Crippen molar-refractivity contribution in [2.45, 2.75) is 0 Å². The summed E-state index contributed by atoms with van der Waals surface area (Å²) in [4.78, 5) is 0. The lowest BCUT2D eigenvalue weighted by Gasteiger charge is -2.10. The van der Waals surface area contributed by atoms with Gasteiger partial charge in [0.05, 0.1) is 14.6 Å². The molecule has 0 radical (unpaired) electrons. The zero-order chi connectivity index (χ0) is 5.11. The number of rotatable bonds is 0. The molecule has 1 N–H and O–H groups in total. The number of morpholine rings is 1. The van der Waals surface area contributed by atoms with Gasteiger partial charge in [0.2, 0.25) is 0 Å². The van der Waals surface area contributed by atoms with Gasteiger partial charge in [-0.15, -0.1) is 0 Å². The molecular formula is C4H9NO. The first-order valence-corrected chi connectivity index (χ1v) is 2.14. The lowest BCUT2D eigenvalue weighted by molar-refractivity contribution is 0.109. The van der Waals surface area contributed by atoms with Crippen LogP contribution in [0.3, 0.4) is 0 Å². The molecule has 0 aromatic heterocycles. The largest absolute Gasteiger partial charge is 0.379 e. The molecule has 36 valence electrons. The van der Waals surface area contributed by atoms with E-state index in [1.54, 1.807) is 0 Å². The van der Waals surface area contributed by atoms with Crippen LogP contribution in [0.1, 0.15) is 1.37 Å². The molecule has 0 saturated carbocycles. The van der Waals surface area contributed by atoms with Gasteiger partial charge in [0.15, 0.2) is 0 Å². The molecule has 2 heteroatoms. The molecule has 0 aromatic rings. The first-order valence-electron chi connectivity index (χ1n) is 2.72. The van der Waals surface area contributed by atoms with Gasteiger partial charge in [0.25, 0.3) is 0 Å². The van der Waals surface area contributed by atoms with Crippen LogP contribution < -0.4 is 5.32 Å². The van der Waals surface area contributed by atoms with Crippen molar-refractivity contribution in [1.82, 2.24) is 5.32 Å². The second kappa shape index (κ2) is 2.16. The highest BCUT2D eigenvalue weighted by atomic mass is 16.5. The summed E-state index contributed by atoms with van der Waals surface area (Å²) in [5.74, 6) is 0. The van der Waals surface area contributed by atoms with Crippen LogP contribution in [0.4, 0.5) is 0 Å². The Labute approximate surface area is 38.9 Å². The van der Waals surface area contributed by atoms with Crippen LogP contribution >= 0.6 is 0 Å². The molecule has 0 spiro atoms. The van der Waals surface area contributed by atoms with Crippen molar-refractivity contribution in [2.75, 3.05) is 26.3 Å². The fourth-order valence-corrected chi connectivity index (χ4v) is 0.434. The highest BCUT2D eigenvalue weighted by Crippen LogP contribution is 1.76. The van der Waals surface area contributed by atoms with Gasteiger partial charge in [-0.05, 0) is 0 Å². The topological polar surface area (TPSA) is 21.3 Å². The predicted octanol–water partition coefficient (Wildman–Crippen LogP) is -0.394. The molecule has 0 amide bonds. The molecule has 0 bridgehead atoms. The van der Waals surface area contributed by atoms with Crippen molar-refractivity contribution in [3.05, 3.63) is 0 Å². The lowest BCUT2D eigenvalue weighted by atomic mass is 10.5. The second-order valence-corrected chi connectivity index (χ2v) is 1.24. The van der Waals surface area contributed by atoms with E-state index in [4.69, 9.17) is 6.11 Å². The van der Waals surface area contributed by atoms with Crippen LogP contribution in [-0.2, 0) is 4.74 Å². The maximum Gasteiger partial charge on any atom is 0.0591 e. The van der Waals surface area contributed by atoms with Gasteiger partial charge in [-0.2, -0.15) is 0 Å². The molecule has 0 aliphatic carbocycles. The predicted molar refractivity (Wildman–Crippen MR) is 23.7 cm³/mol. The summed E-state index contributed by atoms with van der Waals surface area (Å²) in [5.41, 5.74) is 0. The fraction of sp³-hybridized carbons (Fsp3) is 1.00. The van der Waals surface area contributed by atoms with Crippen LogP contribution in [0.15, 0.2) is 0 Å². The highest BCUT2D eigenvalue weighted by Gasteiger charge is 1.92. The van der Waals surface area contributed by atoms with E-state index in [2.05, 4.69) is 5.32 Å². The average Bonchev–Trinajstić information content (AvgIpc) is 1.69. The molecule has 1 saturated heterocycles. The molecule has 6 heavy (non-hydrogen) atoms. The van der Waals surface area contributed by atoms with Gasteiger partial charge < -0.3 is 10.1 Å². The van der Waals surface area contributed by atoms with Crippen LogP contribution in [0.2, 0.25) is 0 Å². The molecule has 1 rings (SSSR count). The van der Waals surface area contributed by atoms with Crippen molar-refractivity contribution in [3.63, 3.8) is 0 Å². The van der Waals surface area contributed by atoms with Gasteiger partial charge in [-0.1, -0.05) is 0 Å².